The number of nitrogens with one attached hydrogen (secondary N) is 2. The molecule has 0 spiro atoms. The first kappa shape index (κ1) is 11.1. The van der Waals surface area contributed by atoms with Crippen LogP contribution in [0.2, 0.25) is 0 Å². The van der Waals surface area contributed by atoms with Crippen molar-refractivity contribution in [2.75, 3.05) is 5.73 Å². The number of anilines is 1. The summed E-state index contributed by atoms with van der Waals surface area (Å²) >= 11 is 0. The number of hydrogen-bond donors (Lipinski definition) is 2. The Balaban J connectivity index is 2.95. The second-order valence-corrected chi connectivity index (χ2v) is 3.98. The van der Waals surface area contributed by atoms with E-state index < -0.39 is 10.5 Å². The first-order chi connectivity index (χ1) is 7.91. The highest BCUT2D eigenvalue weighted by Crippen LogP contribution is 2.24. The minimum Gasteiger partial charge on any atom is -0.359 e. The van der Waals surface area contributed by atoms with Gasteiger partial charge in [0.05, 0.1) is 6.04 Å². The van der Waals surface area contributed by atoms with Crippen molar-refractivity contribution < 1.29 is 9.91 Å². The van der Waals surface area contributed by atoms with Gasteiger partial charge in [-0.15, -0.1) is 0 Å². The summed E-state index contributed by atoms with van der Waals surface area (Å²) in [6.07, 6.45) is 0. The van der Waals surface area contributed by atoms with Gasteiger partial charge in [-0.2, -0.15) is 0 Å². The minimum atomic E-state index is -0.524. The van der Waals surface area contributed by atoms with E-state index >= 15 is 0 Å². The van der Waals surface area contributed by atoms with Crippen LogP contribution < -0.4 is 16.3 Å². The van der Waals surface area contributed by atoms with Gasteiger partial charge in [-0.25, -0.2) is 14.5 Å². The maximum atomic E-state index is 11.6. The fourth-order valence-electron chi connectivity index (χ4n) is 1.82. The van der Waals surface area contributed by atoms with Crippen molar-refractivity contribution in [1.82, 2.24) is 9.55 Å². The molecule has 8 nitrogen and oxygen atoms in total. The Morgan fingerprint density at radius 2 is 2.24 bits per heavy atom. The lowest BCUT2D eigenvalue weighted by atomic mass is 10.4. The van der Waals surface area contributed by atoms with Crippen LogP contribution in [0.5, 0.6) is 0 Å². The number of nitrogens with zero attached hydrogens (tertiary/aromatic N) is 2. The van der Waals surface area contributed by atoms with E-state index in [-0.39, 0.29) is 23.2 Å². The SMILES string of the molecule is CC(C)n1c([N+](=O)[O-])cc2c(=O)[nH]c(N)[nH+]c21. The third-order valence-corrected chi connectivity index (χ3v) is 2.47. The van der Waals surface area contributed by atoms with Crippen LogP contribution in [0.15, 0.2) is 10.9 Å². The molecule has 0 aromatic carbocycles. The van der Waals surface area contributed by atoms with Crippen LogP contribution in [-0.2, 0) is 0 Å². The van der Waals surface area contributed by atoms with Crippen molar-refractivity contribution in [3.8, 4) is 0 Å². The second kappa shape index (κ2) is 3.58. The molecule has 0 aliphatic heterocycles. The van der Waals surface area contributed by atoms with Crippen LogP contribution in [0, 0.1) is 10.1 Å². The normalized spacial score (nSPS) is 11.2. The van der Waals surface area contributed by atoms with Crippen molar-refractivity contribution in [3.05, 3.63) is 26.5 Å². The quantitative estimate of drug-likeness (QED) is 0.573. The number of nitro groups is 1. The molecule has 17 heavy (non-hydrogen) atoms. The number of nitrogens with two attached hydrogens (primary N) is 1. The zero-order valence-electron chi connectivity index (χ0n) is 9.35. The minimum absolute atomic E-state index is 0.0670. The van der Waals surface area contributed by atoms with E-state index in [4.69, 9.17) is 5.73 Å². The maximum Gasteiger partial charge on any atom is 0.312 e. The summed E-state index contributed by atoms with van der Waals surface area (Å²) in [6.45, 7) is 3.58. The zero-order valence-corrected chi connectivity index (χ0v) is 9.35. The van der Waals surface area contributed by atoms with Gasteiger partial charge in [0.15, 0.2) is 0 Å². The highest BCUT2D eigenvalue weighted by molar-refractivity contribution is 5.76. The van der Waals surface area contributed by atoms with Crippen LogP contribution in [0.1, 0.15) is 19.9 Å². The van der Waals surface area contributed by atoms with Gasteiger partial charge < -0.3 is 15.8 Å². The van der Waals surface area contributed by atoms with Crippen LogP contribution in [-0.4, -0.2) is 14.5 Å². The van der Waals surface area contributed by atoms with Gasteiger partial charge in [0.1, 0.15) is 5.39 Å². The summed E-state index contributed by atoms with van der Waals surface area (Å²) in [5.41, 5.74) is 5.39. The Kier molecular flexibility index (Phi) is 2.34. The van der Waals surface area contributed by atoms with Crippen molar-refractivity contribution in [1.29, 1.82) is 0 Å². The molecule has 2 heterocycles. The summed E-state index contributed by atoms with van der Waals surface area (Å²) in [7, 11) is 0. The summed E-state index contributed by atoms with van der Waals surface area (Å²) < 4.78 is 1.43. The Labute approximate surface area is 95.2 Å². The summed E-state index contributed by atoms with van der Waals surface area (Å²) in [5.74, 6) is -0.0697. The number of nitrogen functional groups attached to an aromatic ring is 1. The van der Waals surface area contributed by atoms with E-state index in [9.17, 15) is 14.9 Å². The number of rotatable bonds is 2. The lowest BCUT2D eigenvalue weighted by Crippen LogP contribution is -2.23. The average Bonchev–Trinajstić information content (AvgIpc) is 2.56. The monoisotopic (exact) mass is 238 g/mol. The third-order valence-electron chi connectivity index (χ3n) is 2.47. The summed E-state index contributed by atoms with van der Waals surface area (Å²) in [5, 5.41) is 11.1. The summed E-state index contributed by atoms with van der Waals surface area (Å²) in [6, 6.07) is 1.08. The summed E-state index contributed by atoms with van der Waals surface area (Å²) in [4.78, 5) is 27.1. The molecular formula is C9H12N5O3+. The topological polar surface area (TPSA) is 121 Å². The molecule has 8 heteroatoms. The molecule has 4 N–H and O–H groups in total. The van der Waals surface area contributed by atoms with E-state index in [1.165, 1.54) is 10.6 Å². The third kappa shape index (κ3) is 1.63. The Bertz CT molecular complexity index is 654. The largest absolute Gasteiger partial charge is 0.359 e. The maximum absolute atomic E-state index is 11.6. The van der Waals surface area contributed by atoms with Crippen LogP contribution in [0.25, 0.3) is 11.0 Å². The van der Waals surface area contributed by atoms with E-state index in [1.54, 1.807) is 13.8 Å². The molecule has 0 unspecified atom stereocenters. The molecule has 0 saturated carbocycles. The standard InChI is InChI=1S/C9H11N5O3/c1-4(2)13-6(14(16)17)3-5-7(13)11-9(10)12-8(5)15/h3-4H,1-2H3,(H3,10,11,12,15)/p+1. The fourth-order valence-corrected chi connectivity index (χ4v) is 1.82. The molecule has 0 atom stereocenters. The number of H-pyrrole nitrogens is 2. The van der Waals surface area contributed by atoms with Gasteiger partial charge in [-0.3, -0.25) is 4.79 Å². The van der Waals surface area contributed by atoms with Crippen molar-refractivity contribution in [2.45, 2.75) is 19.9 Å². The van der Waals surface area contributed by atoms with Gasteiger partial charge >= 0.3 is 11.5 Å². The molecule has 0 saturated heterocycles. The van der Waals surface area contributed by atoms with Crippen LogP contribution in [0.4, 0.5) is 11.8 Å². The smallest absolute Gasteiger partial charge is 0.312 e. The van der Waals surface area contributed by atoms with Gasteiger partial charge in [-0.05, 0) is 18.8 Å². The lowest BCUT2D eigenvalue weighted by molar-refractivity contribution is -0.394. The predicted molar refractivity (Wildman–Crippen MR) is 60.6 cm³/mol. The first-order valence-electron chi connectivity index (χ1n) is 5.02. The first-order valence-corrected chi connectivity index (χ1v) is 5.02. The Morgan fingerprint density at radius 3 is 2.76 bits per heavy atom. The Hall–Kier alpha value is -2.38. The van der Waals surface area contributed by atoms with Gasteiger partial charge in [0, 0.05) is 6.07 Å². The molecule has 0 aliphatic rings. The molecule has 90 valence electrons. The van der Waals surface area contributed by atoms with Crippen LogP contribution in [0.3, 0.4) is 0 Å². The van der Waals surface area contributed by atoms with E-state index in [2.05, 4.69) is 9.97 Å². The molecule has 2 aromatic rings. The van der Waals surface area contributed by atoms with Gasteiger partial charge in [-0.1, -0.05) is 0 Å². The molecule has 0 bridgehead atoms. The second-order valence-electron chi connectivity index (χ2n) is 3.98. The van der Waals surface area contributed by atoms with E-state index in [0.717, 1.165) is 0 Å². The average molecular weight is 238 g/mol. The molecule has 0 radical (unpaired) electrons. The molecule has 2 rings (SSSR count). The number of aromatic nitrogens is 3. The van der Waals surface area contributed by atoms with Crippen molar-refractivity contribution >= 4 is 22.8 Å². The predicted octanol–water partition coefficient (Wildman–Crippen LogP) is 0.215. The highest BCUT2D eigenvalue weighted by atomic mass is 16.6. The lowest BCUT2D eigenvalue weighted by Gasteiger charge is -2.07. The molecular weight excluding hydrogens is 226 g/mol. The van der Waals surface area contributed by atoms with E-state index in [1.807, 2.05) is 0 Å². The van der Waals surface area contributed by atoms with Crippen LogP contribution >= 0.6 is 0 Å². The number of fused-ring (bicyclic) bond motifs is 1. The highest BCUT2D eigenvalue weighted by Gasteiger charge is 2.22. The number of aromatic amines is 2. The van der Waals surface area contributed by atoms with Gasteiger partial charge in [0.2, 0.25) is 5.65 Å². The van der Waals surface area contributed by atoms with Gasteiger partial charge in [0.25, 0.3) is 5.82 Å². The zero-order chi connectivity index (χ0) is 12.7. The van der Waals surface area contributed by atoms with Crippen molar-refractivity contribution in [2.24, 2.45) is 0 Å². The molecule has 0 aliphatic carbocycles. The van der Waals surface area contributed by atoms with E-state index in [0.29, 0.717) is 5.65 Å². The fraction of sp³-hybridized carbons (Fsp3) is 0.333. The van der Waals surface area contributed by atoms with Crippen molar-refractivity contribution in [3.63, 3.8) is 0 Å². The molecule has 0 fully saturated rings. The molecule has 0 amide bonds. The Morgan fingerprint density at radius 1 is 1.59 bits per heavy atom. The number of hydrogen-bond acceptors (Lipinski definition) is 4. The molecule has 2 aromatic heterocycles.